The van der Waals surface area contributed by atoms with Gasteiger partial charge in [-0.25, -0.2) is 13.5 Å². The summed E-state index contributed by atoms with van der Waals surface area (Å²) in [5, 5.41) is 7.52. The zero-order chi connectivity index (χ0) is 18.2. The number of H-pyrrole nitrogens is 1. The number of piperidine rings is 1. The Bertz CT molecular complexity index is 877. The van der Waals surface area contributed by atoms with Gasteiger partial charge >= 0.3 is 0 Å². The lowest BCUT2D eigenvalue weighted by atomic mass is 9.88. The lowest BCUT2D eigenvalue weighted by Gasteiger charge is -2.32. The van der Waals surface area contributed by atoms with Gasteiger partial charge in [0.1, 0.15) is 0 Å². The van der Waals surface area contributed by atoms with Crippen LogP contribution in [0.25, 0.3) is 0 Å². The fourth-order valence-electron chi connectivity index (χ4n) is 3.06. The maximum Gasteiger partial charge on any atom is 0.246 e. The number of sulfonamides is 1. The second-order valence-corrected chi connectivity index (χ2v) is 8.60. The van der Waals surface area contributed by atoms with Crippen LogP contribution in [0.1, 0.15) is 24.3 Å². The molecule has 25 heavy (non-hydrogen) atoms. The standard InChI is InChI=1S/C14H18Cl2N6O2S/c1-25(23,24)21-11-7-9(15)6-10(16)12(11)8-2-4-22(5-3-8)14-18-13(17)19-20-14/h6-8,21H,2-5H2,1H3,(H3,17,18,19,20). The summed E-state index contributed by atoms with van der Waals surface area (Å²) < 4.78 is 25.8. The Hall–Kier alpha value is -1.71. The first kappa shape index (κ1) is 18.1. The van der Waals surface area contributed by atoms with E-state index in [1.165, 1.54) is 0 Å². The number of anilines is 3. The Morgan fingerprint density at radius 2 is 2.00 bits per heavy atom. The number of aromatic amines is 1. The van der Waals surface area contributed by atoms with E-state index in [0.29, 0.717) is 34.8 Å². The number of nitrogens with zero attached hydrogens (tertiary/aromatic N) is 3. The van der Waals surface area contributed by atoms with Crippen LogP contribution in [-0.2, 0) is 10.0 Å². The average molecular weight is 405 g/mol. The van der Waals surface area contributed by atoms with Gasteiger partial charge < -0.3 is 10.6 Å². The average Bonchev–Trinajstić information content (AvgIpc) is 2.92. The molecule has 136 valence electrons. The highest BCUT2D eigenvalue weighted by Gasteiger charge is 2.27. The van der Waals surface area contributed by atoms with Gasteiger partial charge in [-0.2, -0.15) is 4.98 Å². The number of hydrogen-bond donors (Lipinski definition) is 3. The fraction of sp³-hybridized carbons (Fsp3) is 0.429. The monoisotopic (exact) mass is 404 g/mol. The van der Waals surface area contributed by atoms with Gasteiger partial charge in [0.2, 0.25) is 21.9 Å². The maximum absolute atomic E-state index is 11.7. The van der Waals surface area contributed by atoms with Crippen LogP contribution in [0.4, 0.5) is 17.6 Å². The lowest BCUT2D eigenvalue weighted by molar-refractivity contribution is 0.501. The lowest BCUT2D eigenvalue weighted by Crippen LogP contribution is -2.34. The van der Waals surface area contributed by atoms with Crippen molar-refractivity contribution in [3.05, 3.63) is 27.7 Å². The smallest absolute Gasteiger partial charge is 0.246 e. The van der Waals surface area contributed by atoms with Crippen LogP contribution in [0, 0.1) is 0 Å². The molecular weight excluding hydrogens is 387 g/mol. The van der Waals surface area contributed by atoms with E-state index < -0.39 is 10.0 Å². The largest absolute Gasteiger partial charge is 0.368 e. The Kier molecular flexibility index (Phi) is 4.99. The summed E-state index contributed by atoms with van der Waals surface area (Å²) in [5.41, 5.74) is 6.77. The van der Waals surface area contributed by atoms with E-state index in [9.17, 15) is 8.42 Å². The van der Waals surface area contributed by atoms with E-state index >= 15 is 0 Å². The Morgan fingerprint density at radius 1 is 1.32 bits per heavy atom. The summed E-state index contributed by atoms with van der Waals surface area (Å²) in [7, 11) is -3.44. The molecule has 0 aliphatic carbocycles. The number of benzene rings is 1. The van der Waals surface area contributed by atoms with Crippen molar-refractivity contribution in [3.63, 3.8) is 0 Å². The van der Waals surface area contributed by atoms with Crippen molar-refractivity contribution in [1.29, 1.82) is 0 Å². The topological polar surface area (TPSA) is 117 Å². The van der Waals surface area contributed by atoms with Crippen molar-refractivity contribution < 1.29 is 8.42 Å². The van der Waals surface area contributed by atoms with Crippen molar-refractivity contribution in [2.75, 3.05) is 34.7 Å². The zero-order valence-electron chi connectivity index (χ0n) is 13.5. The van der Waals surface area contributed by atoms with Crippen molar-refractivity contribution in [1.82, 2.24) is 15.2 Å². The summed E-state index contributed by atoms with van der Waals surface area (Å²) >= 11 is 12.4. The Labute approximate surface area is 155 Å². The molecule has 1 fully saturated rings. The van der Waals surface area contributed by atoms with Gasteiger partial charge in [-0.1, -0.05) is 23.2 Å². The minimum Gasteiger partial charge on any atom is -0.368 e. The summed E-state index contributed by atoms with van der Waals surface area (Å²) in [6.45, 7) is 1.42. The Balaban J connectivity index is 1.83. The van der Waals surface area contributed by atoms with E-state index in [1.807, 2.05) is 4.90 Å². The van der Waals surface area contributed by atoms with Crippen LogP contribution in [0.5, 0.6) is 0 Å². The molecule has 1 aromatic heterocycles. The van der Waals surface area contributed by atoms with Crippen LogP contribution in [0.15, 0.2) is 12.1 Å². The van der Waals surface area contributed by atoms with E-state index in [2.05, 4.69) is 19.9 Å². The molecule has 11 heteroatoms. The predicted molar refractivity (Wildman–Crippen MR) is 99.9 cm³/mol. The van der Waals surface area contributed by atoms with Crippen molar-refractivity contribution in [2.45, 2.75) is 18.8 Å². The van der Waals surface area contributed by atoms with E-state index in [-0.39, 0.29) is 11.9 Å². The highest BCUT2D eigenvalue weighted by Crippen LogP contribution is 2.40. The molecular formula is C14H18Cl2N6O2S. The molecule has 0 unspecified atom stereocenters. The van der Waals surface area contributed by atoms with Gasteiger partial charge in [-0.3, -0.25) is 4.72 Å². The van der Waals surface area contributed by atoms with Gasteiger partial charge in [-0.05, 0) is 36.5 Å². The van der Waals surface area contributed by atoms with Crippen LogP contribution in [-0.4, -0.2) is 42.9 Å². The van der Waals surface area contributed by atoms with E-state index in [4.69, 9.17) is 28.9 Å². The van der Waals surface area contributed by atoms with E-state index in [1.54, 1.807) is 12.1 Å². The first-order valence-corrected chi connectivity index (χ1v) is 10.3. The molecule has 1 aromatic carbocycles. The quantitative estimate of drug-likeness (QED) is 0.720. The number of hydrogen-bond acceptors (Lipinski definition) is 6. The molecule has 3 rings (SSSR count). The third-order valence-electron chi connectivity index (χ3n) is 4.07. The minimum atomic E-state index is -3.44. The van der Waals surface area contributed by atoms with E-state index in [0.717, 1.165) is 24.7 Å². The first-order chi connectivity index (χ1) is 11.7. The third kappa shape index (κ3) is 4.28. The van der Waals surface area contributed by atoms with Crippen LogP contribution in [0.3, 0.4) is 0 Å². The van der Waals surface area contributed by atoms with Crippen molar-refractivity contribution in [3.8, 4) is 0 Å². The molecule has 0 amide bonds. The minimum absolute atomic E-state index is 0.0987. The van der Waals surface area contributed by atoms with Crippen LogP contribution >= 0.6 is 23.2 Å². The molecule has 2 heterocycles. The number of nitrogen functional groups attached to an aromatic ring is 1. The number of nitrogens with one attached hydrogen (secondary N) is 2. The van der Waals surface area contributed by atoms with Gasteiger partial charge in [0.05, 0.1) is 11.9 Å². The fourth-order valence-corrected chi connectivity index (χ4v) is 4.27. The van der Waals surface area contributed by atoms with Gasteiger partial charge in [0.25, 0.3) is 0 Å². The molecule has 0 radical (unpaired) electrons. The molecule has 2 aromatic rings. The van der Waals surface area contributed by atoms with Gasteiger partial charge in [0.15, 0.2) is 0 Å². The number of aromatic nitrogens is 3. The summed E-state index contributed by atoms with van der Waals surface area (Å²) in [4.78, 5) is 6.15. The molecule has 0 bridgehead atoms. The molecule has 8 nitrogen and oxygen atoms in total. The first-order valence-electron chi connectivity index (χ1n) is 7.62. The highest BCUT2D eigenvalue weighted by molar-refractivity contribution is 7.92. The molecule has 1 aliphatic rings. The van der Waals surface area contributed by atoms with Gasteiger partial charge in [0, 0.05) is 23.1 Å². The second kappa shape index (κ2) is 6.89. The molecule has 0 atom stereocenters. The number of nitrogens with two attached hydrogens (primary N) is 1. The maximum atomic E-state index is 11.7. The second-order valence-electron chi connectivity index (χ2n) is 6.01. The molecule has 1 aliphatic heterocycles. The SMILES string of the molecule is CS(=O)(=O)Nc1cc(Cl)cc(Cl)c1C1CCN(c2n[nH]c(N)n2)CC1. The number of halogens is 2. The third-order valence-corrected chi connectivity index (χ3v) is 5.19. The van der Waals surface area contributed by atoms with Crippen molar-refractivity contribution >= 4 is 50.8 Å². The summed E-state index contributed by atoms with van der Waals surface area (Å²) in [5.74, 6) is 0.937. The van der Waals surface area contributed by atoms with Crippen LogP contribution < -0.4 is 15.4 Å². The number of rotatable bonds is 4. The Morgan fingerprint density at radius 3 is 2.56 bits per heavy atom. The molecule has 0 saturated carbocycles. The zero-order valence-corrected chi connectivity index (χ0v) is 15.8. The highest BCUT2D eigenvalue weighted by atomic mass is 35.5. The summed E-state index contributed by atoms with van der Waals surface area (Å²) in [6.07, 6.45) is 2.64. The molecule has 1 saturated heterocycles. The predicted octanol–water partition coefficient (Wildman–Crippen LogP) is 2.45. The molecule has 4 N–H and O–H groups in total. The van der Waals surface area contributed by atoms with Crippen LogP contribution in [0.2, 0.25) is 10.0 Å². The normalized spacial score (nSPS) is 16.2. The molecule has 0 spiro atoms. The summed E-state index contributed by atoms with van der Waals surface area (Å²) in [6, 6.07) is 3.22. The van der Waals surface area contributed by atoms with Gasteiger partial charge in [-0.15, -0.1) is 5.10 Å². The van der Waals surface area contributed by atoms with Crippen molar-refractivity contribution in [2.24, 2.45) is 0 Å².